The molecule has 0 spiro atoms. The summed E-state index contributed by atoms with van der Waals surface area (Å²) in [6.45, 7) is 1.36. The summed E-state index contributed by atoms with van der Waals surface area (Å²) in [6, 6.07) is 12.4. The molecule has 1 fully saturated rings. The van der Waals surface area contributed by atoms with E-state index in [0.717, 1.165) is 35.2 Å². The lowest BCUT2D eigenvalue weighted by Crippen LogP contribution is -2.39. The van der Waals surface area contributed by atoms with Crippen molar-refractivity contribution in [3.63, 3.8) is 0 Å². The smallest absolute Gasteiger partial charge is 0.255 e. The first-order chi connectivity index (χ1) is 15.2. The molecule has 8 heteroatoms. The molecular weight excluding hydrogens is 392 g/mol. The van der Waals surface area contributed by atoms with E-state index in [-0.39, 0.29) is 11.9 Å². The highest BCUT2D eigenvalue weighted by Gasteiger charge is 2.20. The summed E-state index contributed by atoms with van der Waals surface area (Å²) < 4.78 is 8.86. The van der Waals surface area contributed by atoms with Gasteiger partial charge in [0.1, 0.15) is 6.33 Å². The Labute approximate surface area is 179 Å². The number of rotatable bonds is 5. The molecule has 1 aliphatic heterocycles. The molecule has 0 atom stereocenters. The maximum Gasteiger partial charge on any atom is 0.255 e. The van der Waals surface area contributed by atoms with Gasteiger partial charge in [-0.3, -0.25) is 9.48 Å². The molecular formula is C23H24N6O2. The second-order valence-corrected chi connectivity index (χ2v) is 7.90. The van der Waals surface area contributed by atoms with Crippen LogP contribution in [0.1, 0.15) is 34.3 Å². The Balaban J connectivity index is 1.38. The van der Waals surface area contributed by atoms with Crippen LogP contribution in [-0.4, -0.2) is 49.5 Å². The monoisotopic (exact) mass is 416 g/mol. The number of carbonyl (C=O) groups excluding carboxylic acids is 1. The van der Waals surface area contributed by atoms with Crippen LogP contribution in [0.4, 0.5) is 0 Å². The van der Waals surface area contributed by atoms with Crippen LogP contribution >= 0.6 is 0 Å². The fraction of sp³-hybridized carbons (Fsp3) is 0.304. The van der Waals surface area contributed by atoms with Crippen LogP contribution < -0.4 is 5.32 Å². The van der Waals surface area contributed by atoms with Crippen molar-refractivity contribution in [1.82, 2.24) is 29.7 Å². The molecule has 1 saturated heterocycles. The van der Waals surface area contributed by atoms with Crippen LogP contribution in [-0.2, 0) is 18.2 Å². The van der Waals surface area contributed by atoms with E-state index in [1.54, 1.807) is 9.20 Å². The lowest BCUT2D eigenvalue weighted by molar-refractivity contribution is 0.0697. The molecule has 1 aliphatic rings. The third-order valence-electron chi connectivity index (χ3n) is 5.60. The van der Waals surface area contributed by atoms with Crippen molar-refractivity contribution in [2.45, 2.75) is 25.3 Å². The van der Waals surface area contributed by atoms with Gasteiger partial charge in [-0.25, -0.2) is 9.50 Å². The molecule has 1 amide bonds. The molecule has 3 aromatic heterocycles. The quantitative estimate of drug-likeness (QED) is 0.541. The Hall–Kier alpha value is -3.52. The predicted octanol–water partition coefficient (Wildman–Crippen LogP) is 2.63. The van der Waals surface area contributed by atoms with E-state index < -0.39 is 0 Å². The van der Waals surface area contributed by atoms with E-state index in [4.69, 9.17) is 4.74 Å². The molecule has 1 aromatic carbocycles. The summed E-state index contributed by atoms with van der Waals surface area (Å²) in [6.07, 6.45) is 7.69. The normalized spacial score (nSPS) is 14.7. The number of pyridine rings is 1. The van der Waals surface area contributed by atoms with Gasteiger partial charge in [0.2, 0.25) is 0 Å². The van der Waals surface area contributed by atoms with Crippen LogP contribution in [0.15, 0.2) is 55.1 Å². The van der Waals surface area contributed by atoms with E-state index in [2.05, 4.69) is 44.8 Å². The van der Waals surface area contributed by atoms with Gasteiger partial charge in [-0.15, -0.1) is 0 Å². The zero-order valence-electron chi connectivity index (χ0n) is 17.4. The Morgan fingerprint density at radius 1 is 1.16 bits per heavy atom. The van der Waals surface area contributed by atoms with E-state index in [1.165, 1.54) is 6.33 Å². The molecule has 31 heavy (non-hydrogen) atoms. The largest absolute Gasteiger partial charge is 0.381 e. The van der Waals surface area contributed by atoms with E-state index in [9.17, 15) is 4.79 Å². The molecule has 4 heterocycles. The molecule has 158 valence electrons. The number of aromatic nitrogens is 5. The Kier molecular flexibility index (Phi) is 5.21. The summed E-state index contributed by atoms with van der Waals surface area (Å²) in [5.41, 5.74) is 5.29. The van der Waals surface area contributed by atoms with Crippen molar-refractivity contribution in [3.8, 4) is 11.3 Å². The van der Waals surface area contributed by atoms with Gasteiger partial charge in [0.25, 0.3) is 5.91 Å². The summed E-state index contributed by atoms with van der Waals surface area (Å²) in [5.74, 6) is -0.114. The second-order valence-electron chi connectivity index (χ2n) is 7.90. The van der Waals surface area contributed by atoms with Gasteiger partial charge in [0.05, 0.1) is 11.3 Å². The number of fused-ring (bicyclic) bond motifs is 1. The number of hydrogen-bond donors (Lipinski definition) is 1. The minimum atomic E-state index is -0.114. The SMILES string of the molecule is Cn1ccc(-c2ccc(Cc3cc(C(=O)NC4CCOCC4)c4ncnn4c3)cc2)n1. The highest BCUT2D eigenvalue weighted by molar-refractivity contribution is 6.00. The Bertz CT molecular complexity index is 1200. The zero-order valence-corrected chi connectivity index (χ0v) is 17.4. The highest BCUT2D eigenvalue weighted by Crippen LogP contribution is 2.20. The van der Waals surface area contributed by atoms with E-state index in [0.29, 0.717) is 30.8 Å². The van der Waals surface area contributed by atoms with Crippen LogP contribution in [0.5, 0.6) is 0 Å². The highest BCUT2D eigenvalue weighted by atomic mass is 16.5. The van der Waals surface area contributed by atoms with Crippen molar-refractivity contribution in [2.75, 3.05) is 13.2 Å². The van der Waals surface area contributed by atoms with Crippen molar-refractivity contribution in [2.24, 2.45) is 7.05 Å². The van der Waals surface area contributed by atoms with Crippen LogP contribution in [0.25, 0.3) is 16.9 Å². The van der Waals surface area contributed by atoms with Crippen molar-refractivity contribution < 1.29 is 9.53 Å². The molecule has 4 aromatic rings. The van der Waals surface area contributed by atoms with E-state index in [1.807, 2.05) is 31.6 Å². The fourth-order valence-electron chi connectivity index (χ4n) is 3.95. The Morgan fingerprint density at radius 3 is 2.71 bits per heavy atom. The number of nitrogens with one attached hydrogen (secondary N) is 1. The topological polar surface area (TPSA) is 86.3 Å². The van der Waals surface area contributed by atoms with E-state index >= 15 is 0 Å². The van der Waals surface area contributed by atoms with Crippen molar-refractivity contribution >= 4 is 11.6 Å². The number of benzene rings is 1. The molecule has 0 radical (unpaired) electrons. The lowest BCUT2D eigenvalue weighted by Gasteiger charge is -2.23. The third kappa shape index (κ3) is 4.20. The van der Waals surface area contributed by atoms with Gasteiger partial charge in [-0.1, -0.05) is 24.3 Å². The minimum absolute atomic E-state index is 0.114. The zero-order chi connectivity index (χ0) is 21.2. The number of nitrogens with zero attached hydrogens (tertiary/aromatic N) is 5. The first-order valence-electron chi connectivity index (χ1n) is 10.5. The first kappa shape index (κ1) is 19.4. The Morgan fingerprint density at radius 2 is 1.97 bits per heavy atom. The summed E-state index contributed by atoms with van der Waals surface area (Å²) >= 11 is 0. The van der Waals surface area contributed by atoms with Crippen LogP contribution in [0, 0.1) is 0 Å². The predicted molar refractivity (Wildman–Crippen MR) is 116 cm³/mol. The molecule has 8 nitrogen and oxygen atoms in total. The third-order valence-corrected chi connectivity index (χ3v) is 5.60. The number of carbonyl (C=O) groups is 1. The molecule has 0 bridgehead atoms. The summed E-state index contributed by atoms with van der Waals surface area (Å²) in [7, 11) is 1.91. The molecule has 0 unspecified atom stereocenters. The van der Waals surface area contributed by atoms with Gasteiger partial charge in [-0.2, -0.15) is 10.2 Å². The van der Waals surface area contributed by atoms with Crippen molar-refractivity contribution in [1.29, 1.82) is 0 Å². The van der Waals surface area contributed by atoms with Gasteiger partial charge >= 0.3 is 0 Å². The fourth-order valence-corrected chi connectivity index (χ4v) is 3.95. The molecule has 0 saturated carbocycles. The van der Waals surface area contributed by atoms with Gasteiger partial charge in [-0.05, 0) is 42.5 Å². The lowest BCUT2D eigenvalue weighted by atomic mass is 10.0. The average Bonchev–Trinajstić information content (AvgIpc) is 3.43. The van der Waals surface area contributed by atoms with Crippen LogP contribution in [0.2, 0.25) is 0 Å². The van der Waals surface area contributed by atoms with Gasteiger partial charge < -0.3 is 10.1 Å². The minimum Gasteiger partial charge on any atom is -0.381 e. The summed E-state index contributed by atoms with van der Waals surface area (Å²) in [4.78, 5) is 17.3. The standard InChI is InChI=1S/C23H24N6O2/c1-28-9-6-21(27-28)18-4-2-16(3-5-18)12-17-13-20(22-24-15-25-29(22)14-17)23(30)26-19-7-10-31-11-8-19/h2-6,9,13-15,19H,7-8,10-12H2,1H3,(H,26,30). The number of hydrogen-bond acceptors (Lipinski definition) is 5. The molecule has 0 aliphatic carbocycles. The average molecular weight is 416 g/mol. The first-order valence-corrected chi connectivity index (χ1v) is 10.5. The van der Waals surface area contributed by atoms with Crippen molar-refractivity contribution in [3.05, 3.63) is 71.8 Å². The van der Waals surface area contributed by atoms with Gasteiger partial charge in [0.15, 0.2) is 5.65 Å². The summed E-state index contributed by atoms with van der Waals surface area (Å²) in [5, 5.41) is 11.8. The molecule has 1 N–H and O–H groups in total. The maximum absolute atomic E-state index is 13.0. The number of amides is 1. The maximum atomic E-state index is 13.0. The van der Waals surface area contributed by atoms with Gasteiger partial charge in [0, 0.05) is 44.3 Å². The molecule has 5 rings (SSSR count). The van der Waals surface area contributed by atoms with Crippen LogP contribution in [0.3, 0.4) is 0 Å². The second kappa shape index (κ2) is 8.31. The number of ether oxygens (including phenoxy) is 1. The number of aryl methyl sites for hydroxylation is 1.